The predicted molar refractivity (Wildman–Crippen MR) is 72.8 cm³/mol. The van der Waals surface area contributed by atoms with Crippen LogP contribution in [0.1, 0.15) is 10.4 Å². The number of piperazine rings is 1. The van der Waals surface area contributed by atoms with E-state index in [-0.39, 0.29) is 18.0 Å². The van der Waals surface area contributed by atoms with Crippen LogP contribution in [-0.2, 0) is 4.79 Å². The Bertz CT molecular complexity index is 499. The maximum Gasteiger partial charge on any atom is 0.251 e. The summed E-state index contributed by atoms with van der Waals surface area (Å²) >= 11 is 0. The van der Waals surface area contributed by atoms with Gasteiger partial charge < -0.3 is 15.1 Å². The highest BCUT2D eigenvalue weighted by molar-refractivity contribution is 5.96. The van der Waals surface area contributed by atoms with Gasteiger partial charge in [-0.05, 0) is 25.2 Å². The summed E-state index contributed by atoms with van der Waals surface area (Å²) in [7, 11) is 2.01. The molecule has 108 valence electrons. The lowest BCUT2D eigenvalue weighted by molar-refractivity contribution is -0.131. The molecule has 1 heterocycles. The summed E-state index contributed by atoms with van der Waals surface area (Å²) in [6.07, 6.45) is 0. The minimum absolute atomic E-state index is 0.0565. The molecule has 1 aromatic rings. The normalized spacial score (nSPS) is 16.0. The van der Waals surface area contributed by atoms with Crippen molar-refractivity contribution in [2.75, 3.05) is 39.8 Å². The molecule has 1 aromatic carbocycles. The van der Waals surface area contributed by atoms with Crippen molar-refractivity contribution in [3.63, 3.8) is 0 Å². The van der Waals surface area contributed by atoms with Crippen molar-refractivity contribution in [3.8, 4) is 0 Å². The summed E-state index contributed by atoms with van der Waals surface area (Å²) in [4.78, 5) is 27.6. The fourth-order valence-electron chi connectivity index (χ4n) is 2.06. The Morgan fingerprint density at radius 3 is 2.60 bits per heavy atom. The van der Waals surface area contributed by atoms with Gasteiger partial charge >= 0.3 is 0 Å². The van der Waals surface area contributed by atoms with E-state index < -0.39 is 11.7 Å². The van der Waals surface area contributed by atoms with E-state index in [2.05, 4.69) is 10.2 Å². The number of hydrogen-bond acceptors (Lipinski definition) is 3. The standard InChI is InChI=1S/C14H18FN3O2/c1-17-5-7-18(8-6-17)13(19)10-16-14(20)11-3-2-4-12(15)9-11/h2-4,9H,5-8,10H2,1H3,(H,16,20). The molecule has 2 rings (SSSR count). The van der Waals surface area contributed by atoms with Crippen LogP contribution in [0.25, 0.3) is 0 Å². The van der Waals surface area contributed by atoms with Crippen LogP contribution in [-0.4, -0.2) is 61.4 Å². The lowest BCUT2D eigenvalue weighted by Gasteiger charge is -2.32. The van der Waals surface area contributed by atoms with E-state index in [1.165, 1.54) is 18.2 Å². The highest BCUT2D eigenvalue weighted by atomic mass is 19.1. The lowest BCUT2D eigenvalue weighted by Crippen LogP contribution is -2.50. The number of rotatable bonds is 3. The molecule has 0 saturated carbocycles. The summed E-state index contributed by atoms with van der Waals surface area (Å²) in [5.74, 6) is -1.02. The van der Waals surface area contributed by atoms with Crippen molar-refractivity contribution in [3.05, 3.63) is 35.6 Å². The van der Waals surface area contributed by atoms with E-state index in [0.717, 1.165) is 19.2 Å². The second kappa shape index (κ2) is 6.47. The first kappa shape index (κ1) is 14.5. The molecular formula is C14H18FN3O2. The van der Waals surface area contributed by atoms with Crippen LogP contribution < -0.4 is 5.32 Å². The minimum atomic E-state index is -0.469. The van der Waals surface area contributed by atoms with Gasteiger partial charge in [-0.2, -0.15) is 0 Å². The minimum Gasteiger partial charge on any atom is -0.343 e. The Morgan fingerprint density at radius 1 is 1.25 bits per heavy atom. The highest BCUT2D eigenvalue weighted by Crippen LogP contribution is 2.03. The Balaban J connectivity index is 1.82. The molecule has 6 heteroatoms. The zero-order valence-corrected chi connectivity index (χ0v) is 11.4. The third-order valence-corrected chi connectivity index (χ3v) is 3.34. The van der Waals surface area contributed by atoms with E-state index in [1.807, 2.05) is 7.05 Å². The van der Waals surface area contributed by atoms with Crippen LogP contribution in [0.4, 0.5) is 4.39 Å². The predicted octanol–water partition coefficient (Wildman–Crippen LogP) is 0.330. The van der Waals surface area contributed by atoms with Gasteiger partial charge in [-0.3, -0.25) is 9.59 Å². The monoisotopic (exact) mass is 279 g/mol. The molecule has 0 unspecified atom stereocenters. The molecule has 1 aliphatic rings. The van der Waals surface area contributed by atoms with Crippen molar-refractivity contribution in [2.24, 2.45) is 0 Å². The van der Waals surface area contributed by atoms with Gasteiger partial charge in [0.2, 0.25) is 5.91 Å². The molecule has 0 spiro atoms. The van der Waals surface area contributed by atoms with Crippen molar-refractivity contribution >= 4 is 11.8 Å². The zero-order chi connectivity index (χ0) is 14.5. The van der Waals surface area contributed by atoms with Gasteiger partial charge in [-0.1, -0.05) is 6.07 Å². The van der Waals surface area contributed by atoms with E-state index in [1.54, 1.807) is 4.90 Å². The average molecular weight is 279 g/mol. The number of likely N-dealkylation sites (N-methyl/N-ethyl adjacent to an activating group) is 1. The van der Waals surface area contributed by atoms with Crippen molar-refractivity contribution in [1.29, 1.82) is 0 Å². The van der Waals surface area contributed by atoms with Crippen molar-refractivity contribution in [2.45, 2.75) is 0 Å². The molecule has 1 saturated heterocycles. The van der Waals surface area contributed by atoms with Gasteiger partial charge in [0.15, 0.2) is 0 Å². The largest absolute Gasteiger partial charge is 0.343 e. The Kier molecular flexibility index (Phi) is 4.68. The van der Waals surface area contributed by atoms with Crippen LogP contribution in [0.2, 0.25) is 0 Å². The fourth-order valence-corrected chi connectivity index (χ4v) is 2.06. The maximum absolute atomic E-state index is 13.0. The van der Waals surface area contributed by atoms with E-state index in [9.17, 15) is 14.0 Å². The third-order valence-electron chi connectivity index (χ3n) is 3.34. The zero-order valence-electron chi connectivity index (χ0n) is 11.4. The molecule has 1 fully saturated rings. The number of nitrogens with one attached hydrogen (secondary N) is 1. The number of carbonyl (C=O) groups excluding carboxylic acids is 2. The number of halogens is 1. The average Bonchev–Trinajstić information content (AvgIpc) is 2.45. The Hall–Kier alpha value is -1.95. The number of nitrogens with zero attached hydrogens (tertiary/aromatic N) is 2. The van der Waals surface area contributed by atoms with Crippen LogP contribution in [0, 0.1) is 5.82 Å². The van der Waals surface area contributed by atoms with Gasteiger partial charge in [0, 0.05) is 31.7 Å². The topological polar surface area (TPSA) is 52.6 Å². The van der Waals surface area contributed by atoms with E-state index in [0.29, 0.717) is 13.1 Å². The first-order chi connectivity index (χ1) is 9.56. The summed E-state index contributed by atoms with van der Waals surface area (Å²) in [6.45, 7) is 2.96. The number of hydrogen-bond donors (Lipinski definition) is 1. The molecule has 0 atom stereocenters. The summed E-state index contributed by atoms with van der Waals surface area (Å²) in [5, 5.41) is 2.52. The number of amides is 2. The quantitative estimate of drug-likeness (QED) is 0.867. The highest BCUT2D eigenvalue weighted by Gasteiger charge is 2.19. The second-order valence-corrected chi connectivity index (χ2v) is 4.88. The molecule has 0 bridgehead atoms. The summed E-state index contributed by atoms with van der Waals surface area (Å²) in [5.41, 5.74) is 0.219. The van der Waals surface area contributed by atoms with Gasteiger partial charge in [-0.15, -0.1) is 0 Å². The van der Waals surface area contributed by atoms with Gasteiger partial charge in [0.1, 0.15) is 5.82 Å². The Morgan fingerprint density at radius 2 is 1.95 bits per heavy atom. The summed E-state index contributed by atoms with van der Waals surface area (Å²) in [6, 6.07) is 5.40. The summed E-state index contributed by atoms with van der Waals surface area (Å²) < 4.78 is 13.0. The van der Waals surface area contributed by atoms with Crippen molar-refractivity contribution < 1.29 is 14.0 Å². The van der Waals surface area contributed by atoms with Crippen LogP contribution in [0.15, 0.2) is 24.3 Å². The van der Waals surface area contributed by atoms with E-state index in [4.69, 9.17) is 0 Å². The fraction of sp³-hybridized carbons (Fsp3) is 0.429. The third kappa shape index (κ3) is 3.77. The van der Waals surface area contributed by atoms with Crippen LogP contribution in [0.3, 0.4) is 0 Å². The molecule has 1 N–H and O–H groups in total. The molecular weight excluding hydrogens is 261 g/mol. The van der Waals surface area contributed by atoms with Crippen LogP contribution in [0.5, 0.6) is 0 Å². The maximum atomic E-state index is 13.0. The van der Waals surface area contributed by atoms with E-state index >= 15 is 0 Å². The Labute approximate surface area is 117 Å². The molecule has 0 aliphatic carbocycles. The van der Waals surface area contributed by atoms with Crippen molar-refractivity contribution in [1.82, 2.24) is 15.1 Å². The first-order valence-electron chi connectivity index (χ1n) is 6.56. The molecule has 1 aliphatic heterocycles. The lowest BCUT2D eigenvalue weighted by atomic mass is 10.2. The molecule has 20 heavy (non-hydrogen) atoms. The van der Waals surface area contributed by atoms with Gasteiger partial charge in [-0.25, -0.2) is 4.39 Å². The first-order valence-corrected chi connectivity index (χ1v) is 6.56. The second-order valence-electron chi connectivity index (χ2n) is 4.88. The smallest absolute Gasteiger partial charge is 0.251 e. The SMILES string of the molecule is CN1CCN(C(=O)CNC(=O)c2cccc(F)c2)CC1. The number of carbonyl (C=O) groups is 2. The molecule has 0 aromatic heterocycles. The molecule has 2 amide bonds. The van der Waals surface area contributed by atoms with Crippen LogP contribution >= 0.6 is 0 Å². The van der Waals surface area contributed by atoms with Gasteiger partial charge in [0.05, 0.1) is 6.54 Å². The molecule has 0 radical (unpaired) electrons. The molecule has 5 nitrogen and oxygen atoms in total. The number of benzene rings is 1. The van der Waals surface area contributed by atoms with Gasteiger partial charge in [0.25, 0.3) is 5.91 Å².